The van der Waals surface area contributed by atoms with Crippen molar-refractivity contribution in [1.82, 2.24) is 20.2 Å². The van der Waals surface area contributed by atoms with Gasteiger partial charge in [-0.25, -0.2) is 9.97 Å². The number of hydrogen-bond acceptors (Lipinski definition) is 8. The largest absolute Gasteiger partial charge is 0.394 e. The van der Waals surface area contributed by atoms with Gasteiger partial charge in [0.15, 0.2) is 0 Å². The highest BCUT2D eigenvalue weighted by atomic mass is 32.2. The summed E-state index contributed by atoms with van der Waals surface area (Å²) < 4.78 is 5.50. The van der Waals surface area contributed by atoms with E-state index in [-0.39, 0.29) is 6.61 Å². The van der Waals surface area contributed by atoms with Crippen molar-refractivity contribution < 1.29 is 20.1 Å². The van der Waals surface area contributed by atoms with Gasteiger partial charge >= 0.3 is 0 Å². The van der Waals surface area contributed by atoms with Crippen LogP contribution in [0.3, 0.4) is 0 Å². The average molecular weight is 312 g/mol. The molecule has 0 unspecified atom stereocenters. The predicted molar refractivity (Wildman–Crippen MR) is 75.6 cm³/mol. The summed E-state index contributed by atoms with van der Waals surface area (Å²) >= 11 is 1.62. The van der Waals surface area contributed by atoms with Gasteiger partial charge in [0.1, 0.15) is 41.8 Å². The minimum absolute atomic E-state index is 0.368. The molecule has 4 atom stereocenters. The van der Waals surface area contributed by atoms with E-state index in [2.05, 4.69) is 20.2 Å². The number of hydrogen-bond donors (Lipinski definition) is 4. The molecule has 4 N–H and O–H groups in total. The van der Waals surface area contributed by atoms with Crippen LogP contribution in [0, 0.1) is 0 Å². The average Bonchev–Trinajstić information content (AvgIpc) is 3.03. The third-order valence-electron chi connectivity index (χ3n) is 3.55. The highest BCUT2D eigenvalue weighted by Crippen LogP contribution is 2.35. The second-order valence-electron chi connectivity index (χ2n) is 4.85. The Hall–Kier alpha value is -1.26. The summed E-state index contributed by atoms with van der Waals surface area (Å²) in [6, 6.07) is 0. The highest BCUT2D eigenvalue weighted by molar-refractivity contribution is 7.97. The quantitative estimate of drug-likeness (QED) is 0.588. The van der Waals surface area contributed by atoms with E-state index < -0.39 is 24.4 Å². The maximum absolute atomic E-state index is 10.1. The minimum Gasteiger partial charge on any atom is -0.394 e. The Balaban J connectivity index is 2.00. The lowest BCUT2D eigenvalue weighted by Crippen LogP contribution is -2.32. The zero-order valence-corrected chi connectivity index (χ0v) is 12.1. The molecule has 0 saturated carbocycles. The van der Waals surface area contributed by atoms with Crippen molar-refractivity contribution in [2.24, 2.45) is 0 Å². The molecule has 3 rings (SSSR count). The van der Waals surface area contributed by atoms with Gasteiger partial charge in [-0.15, -0.1) is 0 Å². The van der Waals surface area contributed by atoms with Crippen molar-refractivity contribution in [2.75, 3.05) is 12.9 Å². The number of nitrogens with zero attached hydrogens (tertiary/aromatic N) is 3. The molecule has 0 radical (unpaired) electrons. The Bertz CT molecular complexity index is 637. The van der Waals surface area contributed by atoms with Crippen molar-refractivity contribution in [3.63, 3.8) is 0 Å². The number of aromatic nitrogens is 4. The number of fused-ring (bicyclic) bond motifs is 1. The third-order valence-corrected chi connectivity index (χ3v) is 4.11. The molecule has 1 fully saturated rings. The van der Waals surface area contributed by atoms with Crippen molar-refractivity contribution in [1.29, 1.82) is 0 Å². The van der Waals surface area contributed by atoms with Crippen LogP contribution in [0.25, 0.3) is 11.0 Å². The molecule has 21 heavy (non-hydrogen) atoms. The molecule has 0 spiro atoms. The summed E-state index contributed by atoms with van der Waals surface area (Å²) in [4.78, 5) is 8.38. The molecule has 8 nitrogen and oxygen atoms in total. The zero-order chi connectivity index (χ0) is 15.0. The van der Waals surface area contributed by atoms with Crippen LogP contribution in [0.15, 0.2) is 6.33 Å². The first-order valence-electron chi connectivity index (χ1n) is 6.46. The topological polar surface area (TPSA) is 124 Å². The first-order chi connectivity index (χ1) is 10.2. The van der Waals surface area contributed by atoms with E-state index in [1.807, 2.05) is 6.26 Å². The number of aliphatic hydroxyl groups is 3. The van der Waals surface area contributed by atoms with Crippen LogP contribution in [0.5, 0.6) is 0 Å². The number of thioether (sulfide) groups is 1. The van der Waals surface area contributed by atoms with Crippen molar-refractivity contribution >= 4 is 22.8 Å². The number of ether oxygens (including phenoxy) is 1. The van der Waals surface area contributed by atoms with Crippen molar-refractivity contribution in [3.05, 3.63) is 17.7 Å². The fourth-order valence-electron chi connectivity index (χ4n) is 2.48. The van der Waals surface area contributed by atoms with Crippen LogP contribution in [-0.2, 0) is 10.5 Å². The molecule has 1 aliphatic rings. The molecule has 3 heterocycles. The van der Waals surface area contributed by atoms with E-state index in [4.69, 9.17) is 9.84 Å². The van der Waals surface area contributed by atoms with Gasteiger partial charge in [0.2, 0.25) is 0 Å². The molecule has 1 aliphatic heterocycles. The summed E-state index contributed by atoms with van der Waals surface area (Å²) in [6.07, 6.45) is -0.521. The molecule has 0 amide bonds. The van der Waals surface area contributed by atoms with Gasteiger partial charge in [0, 0.05) is 5.75 Å². The Labute approximate surface area is 124 Å². The Morgan fingerprint density at radius 2 is 2.10 bits per heavy atom. The fraction of sp³-hybridized carbons (Fsp3) is 0.583. The van der Waals surface area contributed by atoms with Gasteiger partial charge < -0.3 is 20.1 Å². The lowest BCUT2D eigenvalue weighted by molar-refractivity contribution is -0.0236. The fourth-order valence-corrected chi connectivity index (χ4v) is 2.96. The number of H-pyrrole nitrogens is 1. The van der Waals surface area contributed by atoms with Gasteiger partial charge in [-0.05, 0) is 6.26 Å². The van der Waals surface area contributed by atoms with Gasteiger partial charge in [-0.2, -0.15) is 16.9 Å². The number of aliphatic hydroxyl groups excluding tert-OH is 3. The molecule has 0 aromatic carbocycles. The van der Waals surface area contributed by atoms with Crippen molar-refractivity contribution in [2.45, 2.75) is 30.2 Å². The lowest BCUT2D eigenvalue weighted by Gasteiger charge is -2.12. The zero-order valence-electron chi connectivity index (χ0n) is 11.3. The molecule has 2 aromatic rings. The Morgan fingerprint density at radius 3 is 2.76 bits per heavy atom. The molecular formula is C12H16N4O4S. The van der Waals surface area contributed by atoms with Gasteiger partial charge in [0.05, 0.1) is 18.0 Å². The molecule has 114 valence electrons. The minimum atomic E-state index is -1.15. The first-order valence-corrected chi connectivity index (χ1v) is 7.86. The van der Waals surface area contributed by atoms with Crippen molar-refractivity contribution in [3.8, 4) is 0 Å². The second-order valence-corrected chi connectivity index (χ2v) is 5.71. The summed E-state index contributed by atoms with van der Waals surface area (Å²) in [6.45, 7) is -0.368. The molecule has 0 aliphatic carbocycles. The molecule has 9 heteroatoms. The van der Waals surface area contributed by atoms with E-state index >= 15 is 0 Å². The number of rotatable bonds is 4. The summed E-state index contributed by atoms with van der Waals surface area (Å²) in [5, 5.41) is 36.1. The van der Waals surface area contributed by atoms with Crippen LogP contribution < -0.4 is 0 Å². The number of aromatic amines is 1. The Kier molecular flexibility index (Phi) is 4.09. The maximum atomic E-state index is 10.1. The second kappa shape index (κ2) is 5.85. The number of nitrogens with one attached hydrogen (secondary N) is 1. The van der Waals surface area contributed by atoms with E-state index in [9.17, 15) is 10.2 Å². The van der Waals surface area contributed by atoms with Crippen LogP contribution in [0.2, 0.25) is 0 Å². The lowest BCUT2D eigenvalue weighted by atomic mass is 10.1. The Morgan fingerprint density at radius 1 is 1.29 bits per heavy atom. The first kappa shape index (κ1) is 14.7. The maximum Gasteiger partial charge on any atom is 0.133 e. The summed E-state index contributed by atoms with van der Waals surface area (Å²) in [5.41, 5.74) is 2.46. The molecular weight excluding hydrogens is 296 g/mol. The standard InChI is InChI=1S/C12H16N4O4S/c1-21-3-5-7-8(14-4-13-5)9(16-15-7)12-11(19)10(18)6(2-17)20-12/h4,6,10-12,17-19H,2-3H2,1H3,(H,15,16)/t6-,10-,11-,12+/m1/s1. The van der Waals surface area contributed by atoms with Gasteiger partial charge in [-0.1, -0.05) is 0 Å². The van der Waals surface area contributed by atoms with E-state index in [0.29, 0.717) is 22.5 Å². The van der Waals surface area contributed by atoms with Crippen LogP contribution in [0.4, 0.5) is 0 Å². The predicted octanol–water partition coefficient (Wildman–Crippen LogP) is -0.630. The smallest absolute Gasteiger partial charge is 0.133 e. The SMILES string of the molecule is CSCc1ncnc2c([C@@H]3O[C@H](CO)[C@@H](O)[C@H]3O)[nH]nc12. The summed E-state index contributed by atoms with van der Waals surface area (Å²) in [7, 11) is 0. The van der Waals surface area contributed by atoms with Crippen LogP contribution in [0.1, 0.15) is 17.5 Å². The van der Waals surface area contributed by atoms with E-state index in [1.54, 1.807) is 11.8 Å². The van der Waals surface area contributed by atoms with Crippen LogP contribution >= 0.6 is 11.8 Å². The molecule has 0 bridgehead atoms. The van der Waals surface area contributed by atoms with Gasteiger partial charge in [0.25, 0.3) is 0 Å². The molecule has 2 aromatic heterocycles. The van der Waals surface area contributed by atoms with Crippen LogP contribution in [-0.4, -0.2) is 66.7 Å². The molecule has 1 saturated heterocycles. The highest BCUT2D eigenvalue weighted by Gasteiger charge is 2.44. The van der Waals surface area contributed by atoms with Gasteiger partial charge in [-0.3, -0.25) is 5.10 Å². The summed E-state index contributed by atoms with van der Waals surface area (Å²) in [5.74, 6) is 0.694. The third kappa shape index (κ3) is 2.40. The monoisotopic (exact) mass is 312 g/mol. The van der Waals surface area contributed by atoms with E-state index in [0.717, 1.165) is 5.69 Å². The normalized spacial score (nSPS) is 29.3. The van der Waals surface area contributed by atoms with E-state index in [1.165, 1.54) is 6.33 Å².